The minimum atomic E-state index is -4.63. The van der Waals surface area contributed by atoms with Crippen LogP contribution in [-0.2, 0) is 16.1 Å². The summed E-state index contributed by atoms with van der Waals surface area (Å²) in [6.45, 7) is 0.613. The monoisotopic (exact) mass is 262 g/mol. The summed E-state index contributed by atoms with van der Waals surface area (Å²) in [5.74, 6) is -1.29. The van der Waals surface area contributed by atoms with Crippen LogP contribution in [0, 0.1) is 0 Å². The fourth-order valence-electron chi connectivity index (χ4n) is 1.34. The lowest BCUT2D eigenvalue weighted by Gasteiger charge is -2.22. The van der Waals surface area contributed by atoms with Crippen LogP contribution in [0.1, 0.15) is 18.9 Å². The van der Waals surface area contributed by atoms with E-state index in [-0.39, 0.29) is 6.61 Å². The highest BCUT2D eigenvalue weighted by molar-refractivity contribution is 5.78. The van der Waals surface area contributed by atoms with Crippen molar-refractivity contribution in [2.24, 2.45) is 0 Å². The number of aliphatic hydroxyl groups is 1. The number of esters is 1. The smallest absolute Gasteiger partial charge is 0.392 e. The van der Waals surface area contributed by atoms with Gasteiger partial charge in [-0.1, -0.05) is 30.3 Å². The summed E-state index contributed by atoms with van der Waals surface area (Å²) >= 11 is 0. The van der Waals surface area contributed by atoms with Gasteiger partial charge in [0.15, 0.2) is 5.60 Å². The Morgan fingerprint density at radius 2 is 1.83 bits per heavy atom. The van der Waals surface area contributed by atoms with E-state index in [4.69, 9.17) is 0 Å². The highest BCUT2D eigenvalue weighted by Gasteiger charge is 2.44. The standard InChI is InChI=1S/C12H13F3O3/c1-11(17,8-12(13,14)15)10(16)18-7-9-5-3-2-4-6-9/h2-6,17H,7-8H2,1H3. The van der Waals surface area contributed by atoms with Crippen LogP contribution < -0.4 is 0 Å². The first-order valence-electron chi connectivity index (χ1n) is 5.21. The van der Waals surface area contributed by atoms with E-state index in [0.29, 0.717) is 5.56 Å². The minimum absolute atomic E-state index is 0.173. The van der Waals surface area contributed by atoms with Crippen molar-refractivity contribution in [1.29, 1.82) is 0 Å². The first kappa shape index (κ1) is 14.5. The van der Waals surface area contributed by atoms with Gasteiger partial charge in [-0.15, -0.1) is 0 Å². The number of carbonyl (C=O) groups excluding carboxylic acids is 1. The van der Waals surface area contributed by atoms with E-state index >= 15 is 0 Å². The molecule has 0 saturated heterocycles. The van der Waals surface area contributed by atoms with E-state index in [2.05, 4.69) is 4.74 Å². The summed E-state index contributed by atoms with van der Waals surface area (Å²) in [6, 6.07) is 8.48. The molecule has 0 aliphatic carbocycles. The molecule has 0 bridgehead atoms. The van der Waals surface area contributed by atoms with E-state index < -0.39 is 24.2 Å². The van der Waals surface area contributed by atoms with Crippen molar-refractivity contribution in [3.05, 3.63) is 35.9 Å². The van der Waals surface area contributed by atoms with E-state index in [1.54, 1.807) is 30.3 Å². The second-order valence-electron chi connectivity index (χ2n) is 4.13. The van der Waals surface area contributed by atoms with Gasteiger partial charge in [-0.3, -0.25) is 0 Å². The van der Waals surface area contributed by atoms with Crippen molar-refractivity contribution in [2.45, 2.75) is 31.7 Å². The number of benzene rings is 1. The number of alkyl halides is 3. The van der Waals surface area contributed by atoms with Crippen LogP contribution in [0.5, 0.6) is 0 Å². The van der Waals surface area contributed by atoms with Crippen molar-refractivity contribution in [3.8, 4) is 0 Å². The molecule has 1 N–H and O–H groups in total. The molecule has 0 amide bonds. The largest absolute Gasteiger partial charge is 0.459 e. The van der Waals surface area contributed by atoms with Gasteiger partial charge >= 0.3 is 12.1 Å². The van der Waals surface area contributed by atoms with Gasteiger partial charge in [0, 0.05) is 0 Å². The quantitative estimate of drug-likeness (QED) is 0.848. The molecule has 0 fully saturated rings. The lowest BCUT2D eigenvalue weighted by atomic mass is 10.0. The van der Waals surface area contributed by atoms with Gasteiger partial charge in [0.1, 0.15) is 6.61 Å². The topological polar surface area (TPSA) is 46.5 Å². The molecule has 0 saturated carbocycles. The molecule has 0 aromatic heterocycles. The summed E-state index contributed by atoms with van der Waals surface area (Å²) in [7, 11) is 0. The Hall–Kier alpha value is -1.56. The fourth-order valence-corrected chi connectivity index (χ4v) is 1.34. The van der Waals surface area contributed by atoms with E-state index in [9.17, 15) is 23.1 Å². The molecule has 6 heteroatoms. The zero-order valence-corrected chi connectivity index (χ0v) is 9.70. The lowest BCUT2D eigenvalue weighted by Crippen LogP contribution is -2.41. The van der Waals surface area contributed by atoms with E-state index in [0.717, 1.165) is 6.92 Å². The van der Waals surface area contributed by atoms with Gasteiger partial charge in [-0.2, -0.15) is 13.2 Å². The van der Waals surface area contributed by atoms with Crippen molar-refractivity contribution in [3.63, 3.8) is 0 Å². The Bertz CT molecular complexity index is 399. The second kappa shape index (κ2) is 5.39. The summed E-state index contributed by atoms with van der Waals surface area (Å²) in [5, 5.41) is 9.40. The van der Waals surface area contributed by atoms with Crippen LogP contribution in [0.15, 0.2) is 30.3 Å². The Balaban J connectivity index is 2.55. The number of carbonyl (C=O) groups is 1. The maximum Gasteiger partial charge on any atom is 0.392 e. The normalized spacial score (nSPS) is 14.9. The van der Waals surface area contributed by atoms with Crippen molar-refractivity contribution in [2.75, 3.05) is 0 Å². The predicted octanol–water partition coefficient (Wildman–Crippen LogP) is 2.43. The number of ether oxygens (including phenoxy) is 1. The minimum Gasteiger partial charge on any atom is -0.459 e. The summed E-state index contributed by atoms with van der Waals surface area (Å²) < 4.78 is 41.0. The molecule has 1 unspecified atom stereocenters. The third-order valence-electron chi connectivity index (χ3n) is 2.20. The molecular formula is C12H13F3O3. The molecule has 0 aliphatic heterocycles. The molecule has 0 aliphatic rings. The zero-order chi connectivity index (χ0) is 13.8. The highest BCUT2D eigenvalue weighted by Crippen LogP contribution is 2.28. The Morgan fingerprint density at radius 1 is 1.28 bits per heavy atom. The number of hydrogen-bond donors (Lipinski definition) is 1. The van der Waals surface area contributed by atoms with E-state index in [1.165, 1.54) is 0 Å². The Labute approximate surface area is 102 Å². The van der Waals surface area contributed by atoms with Crippen LogP contribution in [0.3, 0.4) is 0 Å². The molecule has 18 heavy (non-hydrogen) atoms. The molecule has 1 aromatic carbocycles. The average Bonchev–Trinajstić information content (AvgIpc) is 2.24. The predicted molar refractivity (Wildman–Crippen MR) is 57.5 cm³/mol. The summed E-state index contributed by atoms with van der Waals surface area (Å²) in [5.41, 5.74) is -1.93. The molecule has 3 nitrogen and oxygen atoms in total. The van der Waals surface area contributed by atoms with Crippen molar-refractivity contribution >= 4 is 5.97 Å². The van der Waals surface area contributed by atoms with Crippen LogP contribution in [-0.4, -0.2) is 22.9 Å². The molecule has 1 rings (SSSR count). The summed E-state index contributed by atoms with van der Waals surface area (Å²) in [6.07, 6.45) is -6.26. The molecule has 1 aromatic rings. The molecule has 100 valence electrons. The van der Waals surface area contributed by atoms with Crippen LogP contribution in [0.25, 0.3) is 0 Å². The second-order valence-corrected chi connectivity index (χ2v) is 4.13. The number of rotatable bonds is 4. The maximum atomic E-state index is 12.1. The van der Waals surface area contributed by atoms with Gasteiger partial charge in [-0.05, 0) is 12.5 Å². The number of hydrogen-bond acceptors (Lipinski definition) is 3. The SMILES string of the molecule is CC(O)(CC(F)(F)F)C(=O)OCc1ccccc1. The third kappa shape index (κ3) is 4.75. The first-order chi connectivity index (χ1) is 8.21. The highest BCUT2D eigenvalue weighted by atomic mass is 19.4. The first-order valence-corrected chi connectivity index (χ1v) is 5.21. The lowest BCUT2D eigenvalue weighted by molar-refractivity contribution is -0.196. The van der Waals surface area contributed by atoms with Gasteiger partial charge in [-0.25, -0.2) is 4.79 Å². The molecule has 0 heterocycles. The van der Waals surface area contributed by atoms with Crippen LogP contribution >= 0.6 is 0 Å². The molecular weight excluding hydrogens is 249 g/mol. The zero-order valence-electron chi connectivity index (χ0n) is 9.70. The van der Waals surface area contributed by atoms with E-state index in [1.807, 2.05) is 0 Å². The number of halogens is 3. The van der Waals surface area contributed by atoms with Gasteiger partial charge in [0.05, 0.1) is 6.42 Å². The van der Waals surface area contributed by atoms with Gasteiger partial charge < -0.3 is 9.84 Å². The van der Waals surface area contributed by atoms with Crippen molar-refractivity contribution in [1.82, 2.24) is 0 Å². The van der Waals surface area contributed by atoms with Gasteiger partial charge in [0.25, 0.3) is 0 Å². The van der Waals surface area contributed by atoms with Crippen LogP contribution in [0.4, 0.5) is 13.2 Å². The van der Waals surface area contributed by atoms with Crippen LogP contribution in [0.2, 0.25) is 0 Å². The van der Waals surface area contributed by atoms with Crippen molar-refractivity contribution < 1.29 is 27.8 Å². The Morgan fingerprint density at radius 3 is 2.33 bits per heavy atom. The molecule has 1 atom stereocenters. The third-order valence-corrected chi connectivity index (χ3v) is 2.20. The fraction of sp³-hybridized carbons (Fsp3) is 0.417. The molecule has 0 spiro atoms. The van der Waals surface area contributed by atoms with Gasteiger partial charge in [0.2, 0.25) is 0 Å². The summed E-state index contributed by atoms with van der Waals surface area (Å²) in [4.78, 5) is 11.3. The average molecular weight is 262 g/mol. The maximum absolute atomic E-state index is 12.1. The Kier molecular flexibility index (Phi) is 4.34. The molecule has 0 radical (unpaired) electrons.